The van der Waals surface area contributed by atoms with Gasteiger partial charge in [-0.1, -0.05) is 46.3 Å². The standard InChI is InChI=1S/C18H18ClN5O3/c1-12-9-14(7-8-17(12)24(26)27)10-22-18(11-25)23(21-20-22)13(2)15-5-3-4-6-16(15)19/h3-9,11,13,18H,10H2,1-2H3. The monoisotopic (exact) mass is 387 g/mol. The molecule has 8 nitrogen and oxygen atoms in total. The van der Waals surface area contributed by atoms with Crippen LogP contribution in [-0.2, 0) is 11.3 Å². The van der Waals surface area contributed by atoms with Crippen molar-refractivity contribution in [2.24, 2.45) is 10.4 Å². The number of carbonyl (C=O) groups is 1. The van der Waals surface area contributed by atoms with Crippen LogP contribution in [0.2, 0.25) is 5.02 Å². The number of aryl methyl sites for hydroxylation is 1. The van der Waals surface area contributed by atoms with Gasteiger partial charge in [-0.15, -0.1) is 0 Å². The number of nitrogens with zero attached hydrogens (tertiary/aromatic N) is 5. The van der Waals surface area contributed by atoms with E-state index < -0.39 is 11.1 Å². The number of hydrogen-bond donors (Lipinski definition) is 0. The highest BCUT2D eigenvalue weighted by Gasteiger charge is 2.34. The minimum atomic E-state index is -0.688. The Morgan fingerprint density at radius 3 is 2.67 bits per heavy atom. The molecule has 2 aromatic rings. The summed E-state index contributed by atoms with van der Waals surface area (Å²) in [4.78, 5) is 22.3. The topological polar surface area (TPSA) is 91.4 Å². The van der Waals surface area contributed by atoms with Crippen molar-refractivity contribution in [2.75, 3.05) is 0 Å². The van der Waals surface area contributed by atoms with Gasteiger partial charge in [0.05, 0.1) is 17.5 Å². The Kier molecular flexibility index (Phi) is 5.36. The Balaban J connectivity index is 1.78. The summed E-state index contributed by atoms with van der Waals surface area (Å²) in [7, 11) is 0. The lowest BCUT2D eigenvalue weighted by molar-refractivity contribution is -0.385. The minimum absolute atomic E-state index is 0.0581. The van der Waals surface area contributed by atoms with Gasteiger partial charge in [0.25, 0.3) is 5.69 Å². The first-order valence-corrected chi connectivity index (χ1v) is 8.70. The molecule has 2 unspecified atom stereocenters. The molecule has 140 valence electrons. The first-order valence-electron chi connectivity index (χ1n) is 8.32. The number of hydrogen-bond acceptors (Lipinski definition) is 7. The van der Waals surface area contributed by atoms with Gasteiger partial charge in [-0.25, -0.2) is 10.0 Å². The average molecular weight is 388 g/mol. The van der Waals surface area contributed by atoms with Crippen LogP contribution in [0, 0.1) is 17.0 Å². The molecule has 0 fully saturated rings. The van der Waals surface area contributed by atoms with Crippen molar-refractivity contribution < 1.29 is 9.72 Å². The van der Waals surface area contributed by atoms with E-state index in [1.54, 1.807) is 35.1 Å². The van der Waals surface area contributed by atoms with E-state index in [1.807, 2.05) is 25.1 Å². The molecule has 0 amide bonds. The largest absolute Gasteiger partial charge is 0.299 e. The lowest BCUT2D eigenvalue weighted by Crippen LogP contribution is -2.40. The molecule has 0 N–H and O–H groups in total. The van der Waals surface area contributed by atoms with Crippen LogP contribution in [-0.4, -0.2) is 27.4 Å². The van der Waals surface area contributed by atoms with Gasteiger partial charge in [-0.05, 0) is 37.1 Å². The van der Waals surface area contributed by atoms with Gasteiger partial charge in [0.15, 0.2) is 12.5 Å². The van der Waals surface area contributed by atoms with Crippen molar-refractivity contribution in [3.63, 3.8) is 0 Å². The van der Waals surface area contributed by atoms with Gasteiger partial charge in [0, 0.05) is 16.7 Å². The zero-order chi connectivity index (χ0) is 19.6. The van der Waals surface area contributed by atoms with Gasteiger partial charge in [0.2, 0.25) is 0 Å². The Morgan fingerprint density at radius 2 is 2.04 bits per heavy atom. The van der Waals surface area contributed by atoms with E-state index in [0.29, 0.717) is 17.1 Å². The van der Waals surface area contributed by atoms with Gasteiger partial charge in [-0.2, -0.15) is 0 Å². The van der Waals surface area contributed by atoms with Gasteiger partial charge in [-0.3, -0.25) is 14.9 Å². The van der Waals surface area contributed by atoms with E-state index in [9.17, 15) is 14.9 Å². The average Bonchev–Trinajstić information content (AvgIpc) is 3.03. The predicted octanol–water partition coefficient (Wildman–Crippen LogP) is 4.24. The van der Waals surface area contributed by atoms with Crippen LogP contribution < -0.4 is 0 Å². The van der Waals surface area contributed by atoms with E-state index >= 15 is 0 Å². The van der Waals surface area contributed by atoms with E-state index in [2.05, 4.69) is 10.4 Å². The zero-order valence-corrected chi connectivity index (χ0v) is 15.6. The molecule has 0 spiro atoms. The third-order valence-electron chi connectivity index (χ3n) is 4.51. The van der Waals surface area contributed by atoms with Crippen LogP contribution >= 0.6 is 11.6 Å². The van der Waals surface area contributed by atoms with Crippen molar-refractivity contribution in [3.05, 3.63) is 74.3 Å². The number of carbonyl (C=O) groups excluding carboxylic acids is 1. The third-order valence-corrected chi connectivity index (χ3v) is 4.86. The molecular weight excluding hydrogens is 370 g/mol. The molecule has 0 bridgehead atoms. The van der Waals surface area contributed by atoms with Crippen LogP contribution in [0.3, 0.4) is 0 Å². The van der Waals surface area contributed by atoms with Gasteiger partial charge in [0.1, 0.15) is 0 Å². The van der Waals surface area contributed by atoms with Crippen molar-refractivity contribution in [1.29, 1.82) is 0 Å². The highest BCUT2D eigenvalue weighted by atomic mass is 35.5. The lowest BCUT2D eigenvalue weighted by Gasteiger charge is -2.29. The smallest absolute Gasteiger partial charge is 0.272 e. The molecule has 1 aliphatic heterocycles. The summed E-state index contributed by atoms with van der Waals surface area (Å²) in [6, 6.07) is 12.0. The van der Waals surface area contributed by atoms with Gasteiger partial charge >= 0.3 is 0 Å². The number of nitro groups is 1. The van der Waals surface area contributed by atoms with Crippen LogP contribution in [0.5, 0.6) is 0 Å². The molecule has 2 atom stereocenters. The normalized spacial score (nSPS) is 17.2. The number of aldehydes is 1. The Bertz CT molecular complexity index is 904. The van der Waals surface area contributed by atoms with Crippen LogP contribution in [0.4, 0.5) is 5.69 Å². The van der Waals surface area contributed by atoms with Crippen molar-refractivity contribution in [2.45, 2.75) is 32.6 Å². The second-order valence-electron chi connectivity index (χ2n) is 6.28. The maximum atomic E-state index is 11.7. The van der Waals surface area contributed by atoms with E-state index in [1.165, 1.54) is 6.07 Å². The summed E-state index contributed by atoms with van der Waals surface area (Å²) in [5.74, 6) is 0. The Hall–Kier alpha value is -3.00. The molecule has 1 aliphatic rings. The molecule has 0 radical (unpaired) electrons. The maximum absolute atomic E-state index is 11.7. The van der Waals surface area contributed by atoms with Crippen LogP contribution in [0.1, 0.15) is 29.7 Å². The molecular formula is C18H18ClN5O3. The highest BCUT2D eigenvalue weighted by molar-refractivity contribution is 6.31. The van der Waals surface area contributed by atoms with Gasteiger partial charge < -0.3 is 0 Å². The van der Waals surface area contributed by atoms with Crippen molar-refractivity contribution >= 4 is 23.6 Å². The second-order valence-corrected chi connectivity index (χ2v) is 6.69. The van der Waals surface area contributed by atoms with E-state index in [-0.39, 0.29) is 11.7 Å². The number of halogens is 1. The first kappa shape index (κ1) is 18.8. The Labute approximate surface area is 161 Å². The summed E-state index contributed by atoms with van der Waals surface area (Å²) in [5, 5.41) is 22.9. The summed E-state index contributed by atoms with van der Waals surface area (Å²) < 4.78 is 0. The number of rotatable bonds is 6. The summed E-state index contributed by atoms with van der Waals surface area (Å²) in [6.07, 6.45) is 0.0813. The lowest BCUT2D eigenvalue weighted by atomic mass is 10.1. The van der Waals surface area contributed by atoms with Crippen molar-refractivity contribution in [1.82, 2.24) is 10.0 Å². The fourth-order valence-electron chi connectivity index (χ4n) is 3.07. The van der Waals surface area contributed by atoms with Crippen molar-refractivity contribution in [3.8, 4) is 0 Å². The second kappa shape index (κ2) is 7.71. The van der Waals surface area contributed by atoms with Crippen LogP contribution in [0.15, 0.2) is 52.9 Å². The molecule has 0 saturated carbocycles. The molecule has 0 aromatic heterocycles. The molecule has 0 aliphatic carbocycles. The van der Waals surface area contributed by atoms with Crippen LogP contribution in [0.25, 0.3) is 0 Å². The third kappa shape index (κ3) is 3.75. The predicted molar refractivity (Wildman–Crippen MR) is 99.8 cm³/mol. The number of nitro benzene ring substituents is 1. The van der Waals surface area contributed by atoms with E-state index in [0.717, 1.165) is 17.4 Å². The number of benzene rings is 2. The summed E-state index contributed by atoms with van der Waals surface area (Å²) in [6.45, 7) is 3.88. The fourth-order valence-corrected chi connectivity index (χ4v) is 3.36. The molecule has 27 heavy (non-hydrogen) atoms. The summed E-state index contributed by atoms with van der Waals surface area (Å²) >= 11 is 6.26. The first-order chi connectivity index (χ1) is 12.9. The molecule has 0 saturated heterocycles. The summed E-state index contributed by atoms with van der Waals surface area (Å²) in [5.41, 5.74) is 2.26. The van der Waals surface area contributed by atoms with E-state index in [4.69, 9.17) is 11.6 Å². The Morgan fingerprint density at radius 1 is 1.30 bits per heavy atom. The quantitative estimate of drug-likeness (QED) is 0.420. The molecule has 9 heteroatoms. The maximum Gasteiger partial charge on any atom is 0.272 e. The molecule has 3 rings (SSSR count). The molecule has 2 aromatic carbocycles. The minimum Gasteiger partial charge on any atom is -0.299 e. The zero-order valence-electron chi connectivity index (χ0n) is 14.8. The molecule has 1 heterocycles. The highest BCUT2D eigenvalue weighted by Crippen LogP contribution is 2.32. The SMILES string of the molecule is Cc1cc(CN2N=NN(C(C)c3ccccc3Cl)C2C=O)ccc1[N+](=O)[O-]. The fraction of sp³-hybridized carbons (Fsp3) is 0.278.